The minimum absolute atomic E-state index is 0.703. The van der Waals surface area contributed by atoms with Gasteiger partial charge in [0.1, 0.15) is 17.2 Å². The van der Waals surface area contributed by atoms with Crippen LogP contribution in [0.15, 0.2) is 17.4 Å². The van der Waals surface area contributed by atoms with E-state index in [1.54, 1.807) is 18.1 Å². The average Bonchev–Trinajstić information content (AvgIpc) is 2.25. The third kappa shape index (κ3) is 3.93. The van der Waals surface area contributed by atoms with Crippen LogP contribution in [0.5, 0.6) is 0 Å². The van der Waals surface area contributed by atoms with Crippen molar-refractivity contribution in [2.45, 2.75) is 11.9 Å². The Bertz CT molecular complexity index is 270. The Morgan fingerprint density at radius 2 is 2.36 bits per heavy atom. The van der Waals surface area contributed by atoms with Crippen LogP contribution in [0.3, 0.4) is 0 Å². The van der Waals surface area contributed by atoms with Crippen molar-refractivity contribution >= 4 is 17.6 Å². The summed E-state index contributed by atoms with van der Waals surface area (Å²) >= 11 is 1.60. The van der Waals surface area contributed by atoms with Crippen LogP contribution >= 0.6 is 11.8 Å². The summed E-state index contributed by atoms with van der Waals surface area (Å²) < 4.78 is 5.20. The van der Waals surface area contributed by atoms with E-state index in [0.29, 0.717) is 6.61 Å². The third-order valence-corrected chi connectivity index (χ3v) is 2.25. The van der Waals surface area contributed by atoms with Crippen molar-refractivity contribution in [2.24, 2.45) is 0 Å². The molecule has 0 bridgehead atoms. The van der Waals surface area contributed by atoms with Crippen LogP contribution in [0.4, 0.5) is 5.82 Å². The van der Waals surface area contributed by atoms with Crippen molar-refractivity contribution < 1.29 is 4.74 Å². The molecule has 1 heterocycles. The van der Waals surface area contributed by atoms with Crippen molar-refractivity contribution in [1.29, 1.82) is 0 Å². The van der Waals surface area contributed by atoms with E-state index in [2.05, 4.69) is 15.3 Å². The Hall–Kier alpha value is -0.810. The number of hydrogen-bond donors (Lipinski definition) is 1. The van der Waals surface area contributed by atoms with Crippen LogP contribution in [-0.4, -0.2) is 36.0 Å². The predicted octanol–water partition coefficient (Wildman–Crippen LogP) is 1.65. The van der Waals surface area contributed by atoms with Crippen molar-refractivity contribution in [1.82, 2.24) is 9.97 Å². The van der Waals surface area contributed by atoms with Crippen LogP contribution in [0.25, 0.3) is 0 Å². The lowest BCUT2D eigenvalue weighted by molar-refractivity contribution is 0.158. The van der Waals surface area contributed by atoms with E-state index in [0.717, 1.165) is 24.0 Å². The molecule has 0 atom stereocenters. The maximum atomic E-state index is 5.20. The first-order valence-corrected chi connectivity index (χ1v) is 5.77. The summed E-state index contributed by atoms with van der Waals surface area (Å²) in [5.41, 5.74) is 0. The molecule has 4 nitrogen and oxygen atoms in total. The maximum absolute atomic E-state index is 5.20. The smallest absolute Gasteiger partial charge is 0.130 e. The Morgan fingerprint density at radius 1 is 1.50 bits per heavy atom. The van der Waals surface area contributed by atoms with E-state index in [1.165, 1.54) is 0 Å². The second-order valence-corrected chi connectivity index (χ2v) is 3.40. The number of thioether (sulfide) groups is 1. The summed E-state index contributed by atoms with van der Waals surface area (Å²) in [6.45, 7) is 4.21. The molecule has 0 radical (unpaired) electrons. The van der Waals surface area contributed by atoms with Gasteiger partial charge in [-0.3, -0.25) is 0 Å². The van der Waals surface area contributed by atoms with Crippen molar-refractivity contribution in [3.8, 4) is 0 Å². The molecule has 1 aromatic heterocycles. The molecule has 0 fully saturated rings. The number of anilines is 1. The second kappa shape index (κ2) is 6.62. The summed E-state index contributed by atoms with van der Waals surface area (Å²) in [5.74, 6) is 0.851. The molecule has 0 aliphatic rings. The molecule has 1 rings (SSSR count). The Balaban J connectivity index is 2.34. The van der Waals surface area contributed by atoms with Crippen LogP contribution in [0.1, 0.15) is 6.92 Å². The van der Waals surface area contributed by atoms with Crippen molar-refractivity contribution in [3.63, 3.8) is 0 Å². The lowest BCUT2D eigenvalue weighted by Crippen LogP contribution is -2.10. The number of hydrogen-bond acceptors (Lipinski definition) is 5. The monoisotopic (exact) mass is 213 g/mol. The van der Waals surface area contributed by atoms with E-state index < -0.39 is 0 Å². The number of nitrogens with zero attached hydrogens (tertiary/aromatic N) is 2. The first kappa shape index (κ1) is 11.3. The fourth-order valence-corrected chi connectivity index (χ4v) is 1.33. The zero-order valence-electron chi connectivity index (χ0n) is 8.49. The Labute approximate surface area is 88.5 Å². The lowest BCUT2D eigenvalue weighted by atomic mass is 10.5. The van der Waals surface area contributed by atoms with Gasteiger partial charge in [-0.05, 0) is 13.2 Å². The highest BCUT2D eigenvalue weighted by Crippen LogP contribution is 2.13. The normalized spacial score (nSPS) is 10.1. The molecule has 1 N–H and O–H groups in total. The van der Waals surface area contributed by atoms with E-state index in [9.17, 15) is 0 Å². The number of aromatic nitrogens is 2. The summed E-state index contributed by atoms with van der Waals surface area (Å²) in [7, 11) is 0. The van der Waals surface area contributed by atoms with E-state index >= 15 is 0 Å². The van der Waals surface area contributed by atoms with Crippen molar-refractivity contribution in [3.05, 3.63) is 12.4 Å². The van der Waals surface area contributed by atoms with Gasteiger partial charge >= 0.3 is 0 Å². The second-order valence-electron chi connectivity index (χ2n) is 2.57. The number of rotatable bonds is 6. The van der Waals surface area contributed by atoms with Crippen LogP contribution in [-0.2, 0) is 4.74 Å². The molecule has 0 saturated carbocycles. The van der Waals surface area contributed by atoms with E-state index in [4.69, 9.17) is 4.74 Å². The number of ether oxygens (including phenoxy) is 1. The first-order chi connectivity index (χ1) is 6.86. The quantitative estimate of drug-likeness (QED) is 0.442. The van der Waals surface area contributed by atoms with Crippen LogP contribution in [0.2, 0.25) is 0 Å². The fourth-order valence-electron chi connectivity index (χ4n) is 0.943. The van der Waals surface area contributed by atoms with E-state index in [-0.39, 0.29) is 0 Å². The minimum Gasteiger partial charge on any atom is -0.380 e. The van der Waals surface area contributed by atoms with Gasteiger partial charge < -0.3 is 10.1 Å². The molecule has 0 aliphatic heterocycles. The fraction of sp³-hybridized carbons (Fsp3) is 0.556. The highest BCUT2D eigenvalue weighted by molar-refractivity contribution is 7.98. The SMILES string of the molecule is CCOCCNc1cc(SC)ncn1. The molecule has 1 aromatic rings. The standard InChI is InChI=1S/C9H15N3OS/c1-3-13-5-4-10-8-6-9(14-2)12-7-11-8/h6-7H,3-5H2,1-2H3,(H,10,11,12). The van der Waals surface area contributed by atoms with Crippen LogP contribution < -0.4 is 5.32 Å². The summed E-state index contributed by atoms with van der Waals surface area (Å²) in [6.07, 6.45) is 3.56. The Morgan fingerprint density at radius 3 is 3.07 bits per heavy atom. The van der Waals surface area contributed by atoms with Gasteiger partial charge in [0, 0.05) is 19.2 Å². The maximum Gasteiger partial charge on any atom is 0.130 e. The molecule has 0 unspecified atom stereocenters. The highest BCUT2D eigenvalue weighted by atomic mass is 32.2. The average molecular weight is 213 g/mol. The van der Waals surface area contributed by atoms with Crippen LogP contribution in [0, 0.1) is 0 Å². The highest BCUT2D eigenvalue weighted by Gasteiger charge is 1.95. The van der Waals surface area contributed by atoms with Gasteiger partial charge in [-0.2, -0.15) is 0 Å². The van der Waals surface area contributed by atoms with Gasteiger partial charge in [-0.1, -0.05) is 0 Å². The minimum atomic E-state index is 0.703. The Kier molecular flexibility index (Phi) is 5.32. The molecule has 5 heteroatoms. The molecule has 14 heavy (non-hydrogen) atoms. The zero-order chi connectivity index (χ0) is 10.2. The predicted molar refractivity (Wildman–Crippen MR) is 58.8 cm³/mol. The molecule has 0 aliphatic carbocycles. The van der Waals surface area contributed by atoms with Gasteiger partial charge in [-0.15, -0.1) is 11.8 Å². The first-order valence-electron chi connectivity index (χ1n) is 4.54. The third-order valence-electron chi connectivity index (χ3n) is 1.61. The summed E-state index contributed by atoms with van der Waals surface area (Å²) in [5, 5.41) is 4.14. The zero-order valence-corrected chi connectivity index (χ0v) is 9.30. The lowest BCUT2D eigenvalue weighted by Gasteiger charge is -2.05. The molecule has 0 amide bonds. The van der Waals surface area contributed by atoms with Gasteiger partial charge in [-0.25, -0.2) is 9.97 Å². The molecule has 0 spiro atoms. The molecular formula is C9H15N3OS. The van der Waals surface area contributed by atoms with Gasteiger partial charge in [0.2, 0.25) is 0 Å². The van der Waals surface area contributed by atoms with E-state index in [1.807, 2.05) is 19.2 Å². The number of nitrogens with one attached hydrogen (secondary N) is 1. The molecular weight excluding hydrogens is 198 g/mol. The molecule has 0 aromatic carbocycles. The summed E-state index contributed by atoms with van der Waals surface area (Å²) in [4.78, 5) is 8.18. The topological polar surface area (TPSA) is 47.0 Å². The van der Waals surface area contributed by atoms with Gasteiger partial charge in [0.05, 0.1) is 6.61 Å². The van der Waals surface area contributed by atoms with Gasteiger partial charge in [0.25, 0.3) is 0 Å². The largest absolute Gasteiger partial charge is 0.380 e. The van der Waals surface area contributed by atoms with Crippen molar-refractivity contribution in [2.75, 3.05) is 31.3 Å². The van der Waals surface area contributed by atoms with Gasteiger partial charge in [0.15, 0.2) is 0 Å². The summed E-state index contributed by atoms with van der Waals surface area (Å²) in [6, 6.07) is 1.93. The molecule has 78 valence electrons. The molecule has 0 saturated heterocycles.